The fraction of sp³-hybridized carbons (Fsp3) is 0.800. The number of carbonyl (C=O) groups excluding carboxylic acids is 1. The highest BCUT2D eigenvalue weighted by Crippen LogP contribution is 2.55. The lowest BCUT2D eigenvalue weighted by Crippen LogP contribution is -2.61. The molecule has 2 heterocycles. The van der Waals surface area contributed by atoms with Crippen LogP contribution in [0.5, 0.6) is 0 Å². The van der Waals surface area contributed by atoms with Crippen molar-refractivity contribution in [2.45, 2.75) is 81.8 Å². The van der Waals surface area contributed by atoms with Crippen LogP contribution in [0.4, 0.5) is 5.95 Å². The molecule has 0 radical (unpaired) electrons. The van der Waals surface area contributed by atoms with Gasteiger partial charge in [0.1, 0.15) is 0 Å². The molecule has 2 unspecified atom stereocenters. The second kappa shape index (κ2) is 8.46. The molecule has 1 amide bonds. The van der Waals surface area contributed by atoms with Crippen LogP contribution in [0.1, 0.15) is 86.2 Å². The van der Waals surface area contributed by atoms with Crippen molar-refractivity contribution < 1.29 is 9.90 Å². The number of aromatic nitrogens is 2. The summed E-state index contributed by atoms with van der Waals surface area (Å²) in [4.78, 5) is 25.6. The van der Waals surface area contributed by atoms with E-state index in [1.807, 2.05) is 18.0 Å². The largest absolute Gasteiger partial charge is 0.390 e. The first-order chi connectivity index (χ1) is 15.6. The quantitative estimate of drug-likeness (QED) is 0.719. The minimum Gasteiger partial charge on any atom is -0.390 e. The summed E-state index contributed by atoms with van der Waals surface area (Å²) in [5, 5.41) is 14.3. The predicted molar refractivity (Wildman–Crippen MR) is 127 cm³/mol. The molecule has 2 N–H and O–H groups in total. The van der Waals surface area contributed by atoms with Crippen LogP contribution in [-0.2, 0) is 0 Å². The van der Waals surface area contributed by atoms with Crippen molar-refractivity contribution >= 4 is 23.6 Å². The molecule has 6 nitrogen and oxygen atoms in total. The average molecular weight is 457 g/mol. The van der Waals surface area contributed by atoms with Crippen LogP contribution < -0.4 is 10.2 Å². The average Bonchev–Trinajstić information content (AvgIpc) is 2.81. The van der Waals surface area contributed by atoms with E-state index in [4.69, 9.17) is 4.98 Å². The number of nitrogens with zero attached hydrogens (tertiary/aromatic N) is 3. The molecule has 6 fully saturated rings. The van der Waals surface area contributed by atoms with Gasteiger partial charge in [-0.1, -0.05) is 19.3 Å². The van der Waals surface area contributed by atoms with Crippen LogP contribution in [0.25, 0.3) is 0 Å². The number of anilines is 1. The predicted octanol–water partition coefficient (Wildman–Crippen LogP) is 3.75. The lowest BCUT2D eigenvalue weighted by atomic mass is 9.52. The topological polar surface area (TPSA) is 78.3 Å². The molecule has 0 spiro atoms. The van der Waals surface area contributed by atoms with E-state index < -0.39 is 5.60 Å². The molecule has 0 aromatic carbocycles. The van der Waals surface area contributed by atoms with Gasteiger partial charge in [-0.15, -0.1) is 0 Å². The molecule has 174 valence electrons. The Morgan fingerprint density at radius 3 is 2.50 bits per heavy atom. The fourth-order valence-corrected chi connectivity index (χ4v) is 8.51. The van der Waals surface area contributed by atoms with Crippen LogP contribution in [0.2, 0.25) is 0 Å². The van der Waals surface area contributed by atoms with Crippen LogP contribution in [0.3, 0.4) is 0 Å². The Morgan fingerprint density at radius 2 is 1.81 bits per heavy atom. The highest BCUT2D eigenvalue weighted by molar-refractivity contribution is 7.99. The van der Waals surface area contributed by atoms with Crippen molar-refractivity contribution in [3.8, 4) is 0 Å². The molecule has 7 rings (SSSR count). The van der Waals surface area contributed by atoms with E-state index >= 15 is 0 Å². The van der Waals surface area contributed by atoms with E-state index in [1.54, 1.807) is 0 Å². The number of aliphatic hydroxyl groups is 1. The molecule has 1 aliphatic heterocycles. The van der Waals surface area contributed by atoms with Crippen molar-refractivity contribution in [3.05, 3.63) is 17.5 Å². The first-order valence-corrected chi connectivity index (χ1v) is 14.0. The maximum Gasteiger partial charge on any atom is 0.254 e. The Kier molecular flexibility index (Phi) is 5.61. The molecule has 1 aromatic rings. The van der Waals surface area contributed by atoms with Gasteiger partial charge in [-0.2, -0.15) is 11.8 Å². The molecule has 1 aromatic heterocycles. The van der Waals surface area contributed by atoms with E-state index in [0.717, 1.165) is 81.2 Å². The summed E-state index contributed by atoms with van der Waals surface area (Å²) in [6.45, 7) is 1.96. The van der Waals surface area contributed by atoms with Gasteiger partial charge in [0.25, 0.3) is 5.91 Å². The molecule has 4 bridgehead atoms. The number of amides is 1. The van der Waals surface area contributed by atoms with Gasteiger partial charge < -0.3 is 15.3 Å². The van der Waals surface area contributed by atoms with E-state index in [9.17, 15) is 9.90 Å². The third-order valence-electron chi connectivity index (χ3n) is 8.87. The van der Waals surface area contributed by atoms with Crippen LogP contribution in [0, 0.1) is 17.8 Å². The number of hydrogen-bond donors (Lipinski definition) is 2. The SMILES string of the molecule is O=C(N[C@H]1C2CC3CC1C[C@@](O)(C3)C2)c1cnc(N2CCSCC2)nc1C1CCCCC1. The summed E-state index contributed by atoms with van der Waals surface area (Å²) in [5.41, 5.74) is 1.20. The first kappa shape index (κ1) is 21.2. The second-order valence-electron chi connectivity index (χ2n) is 11.1. The lowest BCUT2D eigenvalue weighted by Gasteiger charge is -2.58. The zero-order valence-corrected chi connectivity index (χ0v) is 19.8. The van der Waals surface area contributed by atoms with Gasteiger partial charge in [0.15, 0.2) is 0 Å². The third kappa shape index (κ3) is 3.93. The Bertz CT molecular complexity index is 851. The maximum atomic E-state index is 13.6. The summed E-state index contributed by atoms with van der Waals surface area (Å²) < 4.78 is 0. The number of nitrogens with one attached hydrogen (secondary N) is 1. The minimum atomic E-state index is -0.470. The van der Waals surface area contributed by atoms with Gasteiger partial charge in [-0.25, -0.2) is 9.97 Å². The summed E-state index contributed by atoms with van der Waals surface area (Å²) >= 11 is 1.98. The summed E-state index contributed by atoms with van der Waals surface area (Å²) in [5.74, 6) is 4.89. The Morgan fingerprint density at radius 1 is 1.09 bits per heavy atom. The van der Waals surface area contributed by atoms with Crippen molar-refractivity contribution in [2.24, 2.45) is 17.8 Å². The van der Waals surface area contributed by atoms with E-state index in [2.05, 4.69) is 15.2 Å². The summed E-state index contributed by atoms with van der Waals surface area (Å²) in [7, 11) is 0. The molecule has 5 saturated carbocycles. The monoisotopic (exact) mass is 456 g/mol. The molecule has 6 aliphatic rings. The Labute approximate surface area is 195 Å². The van der Waals surface area contributed by atoms with E-state index in [1.165, 1.54) is 19.3 Å². The highest BCUT2D eigenvalue weighted by Gasteiger charge is 2.55. The first-order valence-electron chi connectivity index (χ1n) is 12.8. The lowest BCUT2D eigenvalue weighted by molar-refractivity contribution is -0.136. The van der Waals surface area contributed by atoms with Crippen LogP contribution >= 0.6 is 11.8 Å². The van der Waals surface area contributed by atoms with Gasteiger partial charge in [-0.3, -0.25) is 4.79 Å². The van der Waals surface area contributed by atoms with Crippen molar-refractivity contribution in [1.82, 2.24) is 15.3 Å². The van der Waals surface area contributed by atoms with Gasteiger partial charge in [0, 0.05) is 42.8 Å². The molecular formula is C25H36N4O2S. The van der Waals surface area contributed by atoms with E-state index in [-0.39, 0.29) is 11.9 Å². The zero-order chi connectivity index (χ0) is 21.7. The van der Waals surface area contributed by atoms with Gasteiger partial charge >= 0.3 is 0 Å². The highest BCUT2D eigenvalue weighted by atomic mass is 32.2. The Hall–Kier alpha value is -1.34. The van der Waals surface area contributed by atoms with Crippen LogP contribution in [-0.4, -0.2) is 57.2 Å². The molecule has 5 aliphatic carbocycles. The molecule has 1 saturated heterocycles. The zero-order valence-electron chi connectivity index (χ0n) is 19.0. The summed E-state index contributed by atoms with van der Waals surface area (Å²) in [6, 6.07) is 0.192. The standard InChI is InChI=1S/C25H36N4O2S/c30-23(27-21-18-10-16-11-19(21)14-25(31,12-16)13-18)20-15-26-24(29-6-8-32-9-7-29)28-22(20)17-4-2-1-3-5-17/h15-19,21,31H,1-14H2,(H,27,30)/t16?,18?,19?,21-,25+. The maximum absolute atomic E-state index is 13.6. The van der Waals surface area contributed by atoms with Crippen molar-refractivity contribution in [3.63, 3.8) is 0 Å². The normalized spacial score (nSPS) is 37.0. The van der Waals surface area contributed by atoms with Gasteiger partial charge in [-0.05, 0) is 62.7 Å². The fourth-order valence-electron chi connectivity index (χ4n) is 7.61. The van der Waals surface area contributed by atoms with Crippen molar-refractivity contribution in [2.75, 3.05) is 29.5 Å². The number of rotatable bonds is 4. The summed E-state index contributed by atoms with van der Waals surface area (Å²) in [6.07, 6.45) is 12.8. The molecule has 32 heavy (non-hydrogen) atoms. The van der Waals surface area contributed by atoms with Crippen molar-refractivity contribution in [1.29, 1.82) is 0 Å². The van der Waals surface area contributed by atoms with Gasteiger partial charge in [0.05, 0.1) is 16.9 Å². The minimum absolute atomic E-state index is 0.00999. The Balaban J connectivity index is 1.25. The molecule has 2 atom stereocenters. The third-order valence-corrected chi connectivity index (χ3v) is 9.82. The van der Waals surface area contributed by atoms with Crippen LogP contribution in [0.15, 0.2) is 6.20 Å². The molecule has 7 heteroatoms. The smallest absolute Gasteiger partial charge is 0.254 e. The number of hydrogen-bond acceptors (Lipinski definition) is 6. The number of carbonyl (C=O) groups is 1. The second-order valence-corrected chi connectivity index (χ2v) is 12.3. The number of thioether (sulfide) groups is 1. The van der Waals surface area contributed by atoms with Gasteiger partial charge in [0.2, 0.25) is 5.95 Å². The van der Waals surface area contributed by atoms with E-state index in [0.29, 0.717) is 29.2 Å². The molecular weight excluding hydrogens is 420 g/mol.